The number of carbonyl (C=O) groups is 1. The predicted molar refractivity (Wildman–Crippen MR) is 91.3 cm³/mol. The fraction of sp³-hybridized carbons (Fsp3) is 0.474. The first-order valence-electron chi connectivity index (χ1n) is 8.76. The number of nitriles is 1. The highest BCUT2D eigenvalue weighted by atomic mass is 16.2. The van der Waals surface area contributed by atoms with Gasteiger partial charge >= 0.3 is 0 Å². The first kappa shape index (κ1) is 15.2. The number of likely N-dealkylation sites (tertiary alicyclic amines) is 1. The lowest BCUT2D eigenvalue weighted by atomic mass is 9.95. The van der Waals surface area contributed by atoms with E-state index in [-0.39, 0.29) is 11.8 Å². The van der Waals surface area contributed by atoms with Crippen LogP contribution in [0, 0.1) is 17.2 Å². The summed E-state index contributed by atoms with van der Waals surface area (Å²) in [6.45, 7) is 2.61. The van der Waals surface area contributed by atoms with Gasteiger partial charge in [-0.25, -0.2) is 0 Å². The predicted octanol–water partition coefficient (Wildman–Crippen LogP) is 2.30. The van der Waals surface area contributed by atoms with Crippen LogP contribution in [-0.4, -0.2) is 34.3 Å². The van der Waals surface area contributed by atoms with Crippen molar-refractivity contribution in [3.05, 3.63) is 41.7 Å². The molecule has 2 aromatic rings. The van der Waals surface area contributed by atoms with Crippen LogP contribution in [0.1, 0.15) is 36.8 Å². The largest absolute Gasteiger partial charge is 0.353 e. The Hall–Kier alpha value is -2.32. The maximum atomic E-state index is 12.2. The van der Waals surface area contributed by atoms with Crippen molar-refractivity contribution in [2.45, 2.75) is 38.3 Å². The Morgan fingerprint density at radius 3 is 2.75 bits per heavy atom. The summed E-state index contributed by atoms with van der Waals surface area (Å²) in [7, 11) is 0. The minimum absolute atomic E-state index is 0.158. The van der Waals surface area contributed by atoms with Crippen LogP contribution >= 0.6 is 0 Å². The first-order chi connectivity index (χ1) is 11.7. The first-order valence-corrected chi connectivity index (χ1v) is 8.76. The molecule has 0 aromatic carbocycles. The van der Waals surface area contributed by atoms with E-state index in [1.54, 1.807) is 0 Å². The number of carbonyl (C=O) groups excluding carboxylic acids is 1. The Morgan fingerprint density at radius 1 is 1.25 bits per heavy atom. The molecule has 24 heavy (non-hydrogen) atoms. The number of aromatic nitrogens is 1. The topological polar surface area (TPSA) is 60.5 Å². The van der Waals surface area contributed by atoms with Crippen molar-refractivity contribution >= 4 is 11.4 Å². The average molecular weight is 322 g/mol. The summed E-state index contributed by atoms with van der Waals surface area (Å²) in [5, 5.41) is 12.6. The number of nitrogens with one attached hydrogen (secondary N) is 1. The third-order valence-corrected chi connectivity index (χ3v) is 5.15. The molecule has 0 bridgehead atoms. The SMILES string of the molecule is N#Cc1c(CN2CCC(C(=O)NC3CC3)CC2)cn2ccccc12. The van der Waals surface area contributed by atoms with E-state index >= 15 is 0 Å². The van der Waals surface area contributed by atoms with E-state index in [0.717, 1.165) is 62.0 Å². The molecule has 1 aliphatic carbocycles. The summed E-state index contributed by atoms with van der Waals surface area (Å²) in [6.07, 6.45) is 8.14. The summed E-state index contributed by atoms with van der Waals surface area (Å²) >= 11 is 0. The number of amides is 1. The van der Waals surface area contributed by atoms with Crippen LogP contribution in [0.15, 0.2) is 30.6 Å². The molecule has 5 nitrogen and oxygen atoms in total. The van der Waals surface area contributed by atoms with Gasteiger partial charge in [0.05, 0.1) is 11.1 Å². The number of hydrogen-bond acceptors (Lipinski definition) is 3. The molecular formula is C19H22N4O. The number of pyridine rings is 1. The van der Waals surface area contributed by atoms with E-state index in [4.69, 9.17) is 0 Å². The lowest BCUT2D eigenvalue weighted by Crippen LogP contribution is -2.40. The van der Waals surface area contributed by atoms with Crippen molar-refractivity contribution in [3.8, 4) is 6.07 Å². The van der Waals surface area contributed by atoms with Crippen molar-refractivity contribution in [3.63, 3.8) is 0 Å². The number of rotatable bonds is 4. The smallest absolute Gasteiger partial charge is 0.223 e. The highest BCUT2D eigenvalue weighted by Crippen LogP contribution is 2.25. The lowest BCUT2D eigenvalue weighted by Gasteiger charge is -2.31. The Kier molecular flexibility index (Phi) is 3.99. The molecule has 1 saturated carbocycles. The molecule has 2 aromatic heterocycles. The molecule has 1 amide bonds. The van der Waals surface area contributed by atoms with Gasteiger partial charge in [-0.2, -0.15) is 5.26 Å². The lowest BCUT2D eigenvalue weighted by molar-refractivity contribution is -0.126. The maximum Gasteiger partial charge on any atom is 0.223 e. The third-order valence-electron chi connectivity index (χ3n) is 5.15. The van der Waals surface area contributed by atoms with Crippen molar-refractivity contribution in [1.29, 1.82) is 5.26 Å². The van der Waals surface area contributed by atoms with Crippen molar-refractivity contribution in [2.24, 2.45) is 5.92 Å². The van der Waals surface area contributed by atoms with Gasteiger partial charge in [0.25, 0.3) is 0 Å². The zero-order chi connectivity index (χ0) is 16.5. The Balaban J connectivity index is 1.40. The Morgan fingerprint density at radius 2 is 2.04 bits per heavy atom. The number of piperidine rings is 1. The van der Waals surface area contributed by atoms with Crippen LogP contribution in [0.5, 0.6) is 0 Å². The van der Waals surface area contributed by atoms with Gasteiger partial charge in [-0.05, 0) is 50.9 Å². The van der Waals surface area contributed by atoms with Gasteiger partial charge in [0.2, 0.25) is 5.91 Å². The van der Waals surface area contributed by atoms with Crippen LogP contribution < -0.4 is 5.32 Å². The van der Waals surface area contributed by atoms with Gasteiger partial charge in [0, 0.05) is 36.5 Å². The molecule has 124 valence electrons. The molecule has 0 unspecified atom stereocenters. The van der Waals surface area contributed by atoms with Crippen LogP contribution in [-0.2, 0) is 11.3 Å². The normalized spacial score (nSPS) is 19.3. The van der Waals surface area contributed by atoms with Crippen LogP contribution in [0.3, 0.4) is 0 Å². The third kappa shape index (κ3) is 3.02. The second-order valence-electron chi connectivity index (χ2n) is 6.97. The van der Waals surface area contributed by atoms with Crippen LogP contribution in [0.2, 0.25) is 0 Å². The molecule has 0 spiro atoms. The molecule has 0 radical (unpaired) electrons. The second kappa shape index (κ2) is 6.29. The Labute approximate surface area is 141 Å². The zero-order valence-corrected chi connectivity index (χ0v) is 13.7. The highest BCUT2D eigenvalue weighted by molar-refractivity contribution is 5.79. The summed E-state index contributed by atoms with van der Waals surface area (Å²) in [5.41, 5.74) is 2.81. The van der Waals surface area contributed by atoms with Gasteiger partial charge in [-0.3, -0.25) is 9.69 Å². The van der Waals surface area contributed by atoms with E-state index in [0.29, 0.717) is 6.04 Å². The summed E-state index contributed by atoms with van der Waals surface area (Å²) in [4.78, 5) is 14.5. The molecule has 3 heterocycles. The van der Waals surface area contributed by atoms with E-state index < -0.39 is 0 Å². The molecule has 1 aliphatic heterocycles. The maximum absolute atomic E-state index is 12.2. The van der Waals surface area contributed by atoms with Gasteiger partial charge in [-0.1, -0.05) is 6.07 Å². The minimum atomic E-state index is 0.158. The van der Waals surface area contributed by atoms with Gasteiger partial charge in [-0.15, -0.1) is 0 Å². The molecule has 5 heteroatoms. The second-order valence-corrected chi connectivity index (χ2v) is 6.97. The number of hydrogen-bond donors (Lipinski definition) is 1. The molecule has 0 atom stereocenters. The molecule has 1 saturated heterocycles. The fourth-order valence-corrected chi connectivity index (χ4v) is 3.57. The highest BCUT2D eigenvalue weighted by Gasteiger charge is 2.30. The zero-order valence-electron chi connectivity index (χ0n) is 13.7. The average Bonchev–Trinajstić information content (AvgIpc) is 3.34. The molecule has 4 rings (SSSR count). The quantitative estimate of drug-likeness (QED) is 0.939. The van der Waals surface area contributed by atoms with Gasteiger partial charge < -0.3 is 9.72 Å². The minimum Gasteiger partial charge on any atom is -0.353 e. The van der Waals surface area contributed by atoms with E-state index in [9.17, 15) is 10.1 Å². The Bertz CT molecular complexity index is 791. The summed E-state index contributed by atoms with van der Waals surface area (Å²) in [5.74, 6) is 0.398. The fourth-order valence-electron chi connectivity index (χ4n) is 3.57. The summed E-state index contributed by atoms with van der Waals surface area (Å²) in [6, 6.07) is 8.72. The number of nitrogens with zero attached hydrogens (tertiary/aromatic N) is 3. The monoisotopic (exact) mass is 322 g/mol. The van der Waals surface area contributed by atoms with E-state index in [1.165, 1.54) is 0 Å². The molecular weight excluding hydrogens is 300 g/mol. The standard InChI is InChI=1S/C19H22N4O/c20-11-17-15(13-23-8-2-1-3-18(17)23)12-22-9-6-14(7-10-22)19(24)21-16-4-5-16/h1-3,8,13-14,16H,4-7,9-10,12H2,(H,21,24). The van der Waals surface area contributed by atoms with Crippen LogP contribution in [0.25, 0.3) is 5.52 Å². The van der Waals surface area contributed by atoms with Crippen molar-refractivity contribution in [1.82, 2.24) is 14.6 Å². The van der Waals surface area contributed by atoms with Crippen molar-refractivity contribution < 1.29 is 4.79 Å². The van der Waals surface area contributed by atoms with E-state index in [1.807, 2.05) is 28.8 Å². The van der Waals surface area contributed by atoms with Crippen molar-refractivity contribution in [2.75, 3.05) is 13.1 Å². The van der Waals surface area contributed by atoms with Gasteiger partial charge in [0.1, 0.15) is 6.07 Å². The molecule has 2 fully saturated rings. The number of fused-ring (bicyclic) bond motifs is 1. The molecule has 2 aliphatic rings. The molecule has 1 N–H and O–H groups in total. The summed E-state index contributed by atoms with van der Waals surface area (Å²) < 4.78 is 2.02. The van der Waals surface area contributed by atoms with Gasteiger partial charge in [0.15, 0.2) is 0 Å². The van der Waals surface area contributed by atoms with Crippen LogP contribution in [0.4, 0.5) is 0 Å². The van der Waals surface area contributed by atoms with E-state index in [2.05, 4.69) is 22.5 Å².